The van der Waals surface area contributed by atoms with Crippen LogP contribution < -0.4 is 10.1 Å². The average Bonchev–Trinajstić information content (AvgIpc) is 3.08. The molecule has 1 fully saturated rings. The minimum atomic E-state index is 0.273. The average molecular weight is 284 g/mol. The predicted molar refractivity (Wildman–Crippen MR) is 69.9 cm³/mol. The molecule has 1 aliphatic carbocycles. The number of benzene rings is 1. The van der Waals surface area contributed by atoms with Crippen LogP contribution in [0.1, 0.15) is 26.2 Å². The summed E-state index contributed by atoms with van der Waals surface area (Å²) >= 11 is 3.45. The van der Waals surface area contributed by atoms with Crippen LogP contribution in [0.2, 0.25) is 0 Å². The van der Waals surface area contributed by atoms with Crippen LogP contribution >= 0.6 is 15.9 Å². The van der Waals surface area contributed by atoms with Crippen LogP contribution in [0.5, 0.6) is 5.75 Å². The van der Waals surface area contributed by atoms with Gasteiger partial charge in [-0.15, -0.1) is 0 Å². The molecule has 1 N–H and O–H groups in total. The summed E-state index contributed by atoms with van der Waals surface area (Å²) in [5, 5.41) is 3.51. The maximum atomic E-state index is 5.93. The fourth-order valence-corrected chi connectivity index (χ4v) is 1.97. The van der Waals surface area contributed by atoms with Gasteiger partial charge in [-0.2, -0.15) is 0 Å². The summed E-state index contributed by atoms with van der Waals surface area (Å²) in [6.07, 6.45) is 3.96. The topological polar surface area (TPSA) is 21.3 Å². The second-order valence-electron chi connectivity index (χ2n) is 4.29. The molecule has 88 valence electrons. The number of rotatable bonds is 6. The van der Waals surface area contributed by atoms with Crippen LogP contribution in [0.4, 0.5) is 0 Å². The highest BCUT2D eigenvalue weighted by atomic mass is 79.9. The van der Waals surface area contributed by atoms with Crippen LogP contribution in [0.15, 0.2) is 28.7 Å². The molecule has 0 aliphatic heterocycles. The lowest BCUT2D eigenvalue weighted by Crippen LogP contribution is -2.32. The van der Waals surface area contributed by atoms with Crippen molar-refractivity contribution in [2.24, 2.45) is 0 Å². The van der Waals surface area contributed by atoms with Crippen LogP contribution in [0.25, 0.3) is 0 Å². The second kappa shape index (κ2) is 5.69. The van der Waals surface area contributed by atoms with Crippen LogP contribution in [-0.4, -0.2) is 18.7 Å². The Balaban J connectivity index is 1.84. The van der Waals surface area contributed by atoms with Crippen molar-refractivity contribution >= 4 is 15.9 Å². The van der Waals surface area contributed by atoms with Crippen molar-refractivity contribution in [1.29, 1.82) is 0 Å². The zero-order valence-electron chi connectivity index (χ0n) is 9.58. The molecule has 0 aromatic heterocycles. The molecule has 1 saturated carbocycles. The van der Waals surface area contributed by atoms with Gasteiger partial charge in [0.15, 0.2) is 0 Å². The zero-order chi connectivity index (χ0) is 11.4. The Kier molecular flexibility index (Phi) is 4.24. The van der Waals surface area contributed by atoms with Gasteiger partial charge in [-0.25, -0.2) is 0 Å². The Morgan fingerprint density at radius 3 is 2.94 bits per heavy atom. The molecule has 0 saturated heterocycles. The van der Waals surface area contributed by atoms with E-state index < -0.39 is 0 Å². The van der Waals surface area contributed by atoms with Gasteiger partial charge in [-0.05, 0) is 37.5 Å². The van der Waals surface area contributed by atoms with E-state index in [0.29, 0.717) is 0 Å². The summed E-state index contributed by atoms with van der Waals surface area (Å²) in [4.78, 5) is 0. The van der Waals surface area contributed by atoms with Gasteiger partial charge in [-0.1, -0.05) is 28.9 Å². The highest BCUT2D eigenvalue weighted by Crippen LogP contribution is 2.21. The molecule has 16 heavy (non-hydrogen) atoms. The van der Waals surface area contributed by atoms with Gasteiger partial charge >= 0.3 is 0 Å². The van der Waals surface area contributed by atoms with Crippen molar-refractivity contribution in [3.63, 3.8) is 0 Å². The van der Waals surface area contributed by atoms with E-state index in [4.69, 9.17) is 4.74 Å². The number of hydrogen-bond acceptors (Lipinski definition) is 2. The van der Waals surface area contributed by atoms with Crippen molar-refractivity contribution in [3.8, 4) is 5.75 Å². The molecule has 0 spiro atoms. The van der Waals surface area contributed by atoms with Gasteiger partial charge in [0.25, 0.3) is 0 Å². The fourth-order valence-electron chi connectivity index (χ4n) is 1.59. The summed E-state index contributed by atoms with van der Waals surface area (Å²) in [5.41, 5.74) is 0. The largest absolute Gasteiger partial charge is 0.489 e. The Hall–Kier alpha value is -0.540. The molecule has 1 unspecified atom stereocenters. The molecule has 3 heteroatoms. The van der Waals surface area contributed by atoms with E-state index >= 15 is 0 Å². The van der Waals surface area contributed by atoms with Crippen molar-refractivity contribution in [2.75, 3.05) is 6.54 Å². The Morgan fingerprint density at radius 2 is 2.31 bits per heavy atom. The van der Waals surface area contributed by atoms with E-state index in [9.17, 15) is 0 Å². The number of hydrogen-bond donors (Lipinski definition) is 1. The molecule has 0 amide bonds. The zero-order valence-corrected chi connectivity index (χ0v) is 11.2. The summed E-state index contributed by atoms with van der Waals surface area (Å²) in [7, 11) is 0. The molecule has 2 rings (SSSR count). The quantitative estimate of drug-likeness (QED) is 0.865. The van der Waals surface area contributed by atoms with Gasteiger partial charge < -0.3 is 10.1 Å². The third-order valence-electron chi connectivity index (χ3n) is 2.77. The Labute approximate surface area is 106 Å². The van der Waals surface area contributed by atoms with E-state index in [1.165, 1.54) is 12.8 Å². The minimum absolute atomic E-state index is 0.273. The molecular formula is C13H18BrNO. The SMILES string of the molecule is CCC(CNC1CC1)Oc1cccc(Br)c1. The molecule has 2 nitrogen and oxygen atoms in total. The van der Waals surface area contributed by atoms with Crippen molar-refractivity contribution in [3.05, 3.63) is 28.7 Å². The number of halogens is 1. The summed E-state index contributed by atoms with van der Waals surface area (Å²) in [6.45, 7) is 3.12. The molecule has 0 radical (unpaired) electrons. The van der Waals surface area contributed by atoms with Gasteiger partial charge in [-0.3, -0.25) is 0 Å². The first kappa shape index (κ1) is 11.9. The molecular weight excluding hydrogens is 266 g/mol. The molecule has 1 atom stereocenters. The summed E-state index contributed by atoms with van der Waals surface area (Å²) in [5.74, 6) is 0.943. The first-order valence-electron chi connectivity index (χ1n) is 5.93. The molecule has 0 bridgehead atoms. The van der Waals surface area contributed by atoms with Crippen molar-refractivity contribution < 1.29 is 4.74 Å². The minimum Gasteiger partial charge on any atom is -0.489 e. The fraction of sp³-hybridized carbons (Fsp3) is 0.538. The first-order chi connectivity index (χ1) is 7.78. The monoisotopic (exact) mass is 283 g/mol. The number of ether oxygens (including phenoxy) is 1. The van der Waals surface area contributed by atoms with Gasteiger partial charge in [0.1, 0.15) is 11.9 Å². The standard InChI is InChI=1S/C13H18BrNO/c1-2-12(9-15-11-6-7-11)16-13-5-3-4-10(14)8-13/h3-5,8,11-12,15H,2,6-7,9H2,1H3. The maximum absolute atomic E-state index is 5.93. The maximum Gasteiger partial charge on any atom is 0.120 e. The Bertz CT molecular complexity index is 338. The highest BCUT2D eigenvalue weighted by Gasteiger charge is 2.21. The van der Waals surface area contributed by atoms with Crippen LogP contribution in [0.3, 0.4) is 0 Å². The second-order valence-corrected chi connectivity index (χ2v) is 5.20. The first-order valence-corrected chi connectivity index (χ1v) is 6.73. The number of nitrogens with one attached hydrogen (secondary N) is 1. The van der Waals surface area contributed by atoms with Crippen LogP contribution in [-0.2, 0) is 0 Å². The van der Waals surface area contributed by atoms with E-state index in [1.807, 2.05) is 24.3 Å². The molecule has 1 aromatic carbocycles. The van der Waals surface area contributed by atoms with E-state index in [1.54, 1.807) is 0 Å². The molecule has 0 heterocycles. The third-order valence-corrected chi connectivity index (χ3v) is 3.26. The van der Waals surface area contributed by atoms with Crippen molar-refractivity contribution in [1.82, 2.24) is 5.32 Å². The Morgan fingerprint density at radius 1 is 1.50 bits per heavy atom. The summed E-state index contributed by atoms with van der Waals surface area (Å²) in [6, 6.07) is 8.78. The van der Waals surface area contributed by atoms with Crippen molar-refractivity contribution in [2.45, 2.75) is 38.3 Å². The lowest BCUT2D eigenvalue weighted by molar-refractivity contribution is 0.193. The summed E-state index contributed by atoms with van der Waals surface area (Å²) < 4.78 is 6.99. The lowest BCUT2D eigenvalue weighted by Gasteiger charge is -2.18. The van der Waals surface area contributed by atoms with Gasteiger partial charge in [0.05, 0.1) is 0 Å². The molecule has 1 aromatic rings. The highest BCUT2D eigenvalue weighted by molar-refractivity contribution is 9.10. The smallest absolute Gasteiger partial charge is 0.120 e. The normalized spacial score (nSPS) is 17.1. The van der Waals surface area contributed by atoms with E-state index in [-0.39, 0.29) is 6.10 Å². The van der Waals surface area contributed by atoms with Crippen LogP contribution in [0, 0.1) is 0 Å². The van der Waals surface area contributed by atoms with E-state index in [0.717, 1.165) is 29.2 Å². The van der Waals surface area contributed by atoms with Gasteiger partial charge in [0, 0.05) is 17.1 Å². The third kappa shape index (κ3) is 3.80. The predicted octanol–water partition coefficient (Wildman–Crippen LogP) is 3.36. The molecule has 1 aliphatic rings. The lowest BCUT2D eigenvalue weighted by atomic mass is 10.2. The van der Waals surface area contributed by atoms with E-state index in [2.05, 4.69) is 28.2 Å². The van der Waals surface area contributed by atoms with Gasteiger partial charge in [0.2, 0.25) is 0 Å².